The fourth-order valence-electron chi connectivity index (χ4n) is 2.91. The molecule has 26 heavy (non-hydrogen) atoms. The number of methoxy groups -OCH3 is 2. The minimum absolute atomic E-state index is 0.597. The van der Waals surface area contributed by atoms with Crippen molar-refractivity contribution in [1.29, 1.82) is 5.26 Å². The van der Waals surface area contributed by atoms with Crippen molar-refractivity contribution < 1.29 is 9.47 Å². The monoisotopic (exact) mass is 341 g/mol. The zero-order chi connectivity index (χ0) is 18.4. The van der Waals surface area contributed by atoms with E-state index in [4.69, 9.17) is 9.47 Å². The van der Waals surface area contributed by atoms with Gasteiger partial charge in [0.1, 0.15) is 17.6 Å². The predicted molar refractivity (Wildman–Crippen MR) is 104 cm³/mol. The molecule has 3 aromatic carbocycles. The van der Waals surface area contributed by atoms with Crippen molar-refractivity contribution in [2.75, 3.05) is 14.2 Å². The zero-order valence-electron chi connectivity index (χ0n) is 14.8. The van der Waals surface area contributed by atoms with Crippen LogP contribution < -0.4 is 9.47 Å². The maximum atomic E-state index is 9.96. The van der Waals surface area contributed by atoms with Crippen LogP contribution in [-0.2, 0) is 0 Å². The van der Waals surface area contributed by atoms with Gasteiger partial charge in [-0.2, -0.15) is 5.26 Å². The van der Waals surface area contributed by atoms with Crippen LogP contribution in [0.25, 0.3) is 11.1 Å². The van der Waals surface area contributed by atoms with Gasteiger partial charge in [0.25, 0.3) is 0 Å². The van der Waals surface area contributed by atoms with Gasteiger partial charge in [0.15, 0.2) is 0 Å². The minimum atomic E-state index is 0.597. The van der Waals surface area contributed by atoms with Gasteiger partial charge >= 0.3 is 0 Å². The molecule has 0 saturated heterocycles. The normalized spacial score (nSPS) is 11.3. The molecule has 0 atom stereocenters. The van der Waals surface area contributed by atoms with Gasteiger partial charge in [-0.15, -0.1) is 0 Å². The summed E-state index contributed by atoms with van der Waals surface area (Å²) < 4.78 is 10.9. The van der Waals surface area contributed by atoms with Crippen LogP contribution in [0.15, 0.2) is 78.9 Å². The van der Waals surface area contributed by atoms with E-state index in [-0.39, 0.29) is 0 Å². The average Bonchev–Trinajstić information content (AvgIpc) is 2.73. The summed E-state index contributed by atoms with van der Waals surface area (Å²) in [5.74, 6) is 1.36. The quantitative estimate of drug-likeness (QED) is 0.474. The average molecular weight is 341 g/mol. The number of hydrogen-bond acceptors (Lipinski definition) is 3. The Hall–Kier alpha value is -3.51. The number of ether oxygens (including phenoxy) is 2. The molecule has 0 radical (unpaired) electrons. The van der Waals surface area contributed by atoms with E-state index in [1.807, 2.05) is 78.9 Å². The van der Waals surface area contributed by atoms with Crippen LogP contribution in [0.4, 0.5) is 0 Å². The first-order valence-electron chi connectivity index (χ1n) is 8.26. The number of hydrogen-bond donors (Lipinski definition) is 0. The second kappa shape index (κ2) is 8.04. The molecule has 0 saturated carbocycles. The molecule has 0 heterocycles. The Kier molecular flexibility index (Phi) is 5.36. The summed E-state index contributed by atoms with van der Waals surface area (Å²) in [7, 11) is 3.24. The highest BCUT2D eigenvalue weighted by atomic mass is 16.5. The number of nitriles is 1. The predicted octanol–water partition coefficient (Wildman–Crippen LogP) is 5.19. The Morgan fingerprint density at radius 3 is 1.92 bits per heavy atom. The van der Waals surface area contributed by atoms with Crippen molar-refractivity contribution in [3.05, 3.63) is 95.6 Å². The lowest BCUT2D eigenvalue weighted by Crippen LogP contribution is -1.98. The fourth-order valence-corrected chi connectivity index (χ4v) is 2.91. The maximum absolute atomic E-state index is 9.96. The summed E-state index contributed by atoms with van der Waals surface area (Å²) in [5, 5.41) is 9.96. The van der Waals surface area contributed by atoms with E-state index in [1.54, 1.807) is 14.2 Å². The molecule has 0 bridgehead atoms. The molecule has 0 aromatic heterocycles. The Morgan fingerprint density at radius 1 is 0.769 bits per heavy atom. The van der Waals surface area contributed by atoms with Crippen LogP contribution in [0.3, 0.4) is 0 Å². The Morgan fingerprint density at radius 2 is 1.38 bits per heavy atom. The van der Waals surface area contributed by atoms with E-state index in [9.17, 15) is 5.26 Å². The highest BCUT2D eigenvalue weighted by Crippen LogP contribution is 2.38. The smallest absolute Gasteiger partial charge is 0.130 e. The van der Waals surface area contributed by atoms with E-state index in [1.165, 1.54) is 0 Å². The SMILES string of the molecule is COc1ccc(/C(=C(\C#N)c2ccccc2)c2ccccc2)c(OC)c1. The third kappa shape index (κ3) is 3.45. The molecular weight excluding hydrogens is 322 g/mol. The molecule has 128 valence electrons. The van der Waals surface area contributed by atoms with Crippen molar-refractivity contribution in [2.24, 2.45) is 0 Å². The lowest BCUT2D eigenvalue weighted by Gasteiger charge is -2.16. The molecule has 0 fully saturated rings. The zero-order valence-corrected chi connectivity index (χ0v) is 14.8. The van der Waals surface area contributed by atoms with Crippen molar-refractivity contribution in [3.8, 4) is 17.6 Å². The third-order valence-electron chi connectivity index (χ3n) is 4.16. The molecule has 3 aromatic rings. The van der Waals surface area contributed by atoms with Gasteiger partial charge in [0, 0.05) is 17.2 Å². The molecule has 0 amide bonds. The summed E-state index contributed by atoms with van der Waals surface area (Å²) in [6, 6.07) is 27.6. The molecule has 0 unspecified atom stereocenters. The van der Waals surface area contributed by atoms with Gasteiger partial charge in [-0.25, -0.2) is 0 Å². The fraction of sp³-hybridized carbons (Fsp3) is 0.0870. The van der Waals surface area contributed by atoms with Crippen LogP contribution in [-0.4, -0.2) is 14.2 Å². The summed E-state index contributed by atoms with van der Waals surface area (Å²) in [4.78, 5) is 0. The molecule has 3 nitrogen and oxygen atoms in total. The Balaban J connectivity index is 2.34. The number of rotatable bonds is 5. The second-order valence-corrected chi connectivity index (χ2v) is 5.66. The van der Waals surface area contributed by atoms with Crippen molar-refractivity contribution in [1.82, 2.24) is 0 Å². The first kappa shape index (κ1) is 17.3. The molecule has 0 aliphatic heterocycles. The van der Waals surface area contributed by atoms with E-state index >= 15 is 0 Å². The highest BCUT2D eigenvalue weighted by Gasteiger charge is 2.18. The molecule has 0 aliphatic rings. The first-order chi connectivity index (χ1) is 12.8. The Bertz CT molecular complexity index is 955. The summed E-state index contributed by atoms with van der Waals surface area (Å²) >= 11 is 0. The third-order valence-corrected chi connectivity index (χ3v) is 4.16. The lowest BCUT2D eigenvalue weighted by atomic mass is 9.89. The summed E-state index contributed by atoms with van der Waals surface area (Å²) in [6.07, 6.45) is 0. The number of allylic oxidation sites excluding steroid dienone is 1. The van der Waals surface area contributed by atoms with E-state index in [2.05, 4.69) is 6.07 Å². The molecule has 3 rings (SSSR count). The molecule has 0 spiro atoms. The van der Waals surface area contributed by atoms with Crippen molar-refractivity contribution >= 4 is 11.1 Å². The van der Waals surface area contributed by atoms with Crippen LogP contribution in [0.5, 0.6) is 11.5 Å². The number of benzene rings is 3. The van der Waals surface area contributed by atoms with Crippen molar-refractivity contribution in [3.63, 3.8) is 0 Å². The maximum Gasteiger partial charge on any atom is 0.130 e. The van der Waals surface area contributed by atoms with Crippen LogP contribution in [0.1, 0.15) is 16.7 Å². The minimum Gasteiger partial charge on any atom is -0.497 e. The first-order valence-corrected chi connectivity index (χ1v) is 8.26. The number of nitrogens with zero attached hydrogens (tertiary/aromatic N) is 1. The van der Waals surface area contributed by atoms with Crippen LogP contribution >= 0.6 is 0 Å². The molecule has 0 aliphatic carbocycles. The van der Waals surface area contributed by atoms with Gasteiger partial charge in [-0.3, -0.25) is 0 Å². The van der Waals surface area contributed by atoms with Gasteiger partial charge < -0.3 is 9.47 Å². The standard InChI is InChI=1S/C23H19NO2/c1-25-19-13-14-20(22(15-19)26-2)23(18-11-7-4-8-12-18)21(16-24)17-9-5-3-6-10-17/h3-15H,1-2H3/b23-21+. The lowest BCUT2D eigenvalue weighted by molar-refractivity contribution is 0.393. The summed E-state index contributed by atoms with van der Waals surface area (Å²) in [6.45, 7) is 0. The van der Waals surface area contributed by atoms with Crippen molar-refractivity contribution in [2.45, 2.75) is 0 Å². The molecule has 3 heteroatoms. The van der Waals surface area contributed by atoms with E-state index in [0.717, 1.165) is 22.3 Å². The second-order valence-electron chi connectivity index (χ2n) is 5.66. The van der Waals surface area contributed by atoms with Crippen LogP contribution in [0.2, 0.25) is 0 Å². The van der Waals surface area contributed by atoms with Gasteiger partial charge in [-0.1, -0.05) is 60.7 Å². The van der Waals surface area contributed by atoms with Crippen LogP contribution in [0, 0.1) is 11.3 Å². The summed E-state index contributed by atoms with van der Waals surface area (Å²) in [5.41, 5.74) is 4.10. The molecule has 0 N–H and O–H groups in total. The molecular formula is C23H19NO2. The van der Waals surface area contributed by atoms with Gasteiger partial charge in [0.05, 0.1) is 19.8 Å². The van der Waals surface area contributed by atoms with Gasteiger partial charge in [0.2, 0.25) is 0 Å². The van der Waals surface area contributed by atoms with Gasteiger partial charge in [-0.05, 0) is 23.3 Å². The largest absolute Gasteiger partial charge is 0.497 e. The van der Waals surface area contributed by atoms with E-state index < -0.39 is 0 Å². The Labute approximate surface area is 153 Å². The highest BCUT2D eigenvalue weighted by molar-refractivity contribution is 6.04. The topological polar surface area (TPSA) is 42.2 Å². The van der Waals surface area contributed by atoms with E-state index in [0.29, 0.717) is 17.1 Å².